The van der Waals surface area contributed by atoms with Gasteiger partial charge in [-0.3, -0.25) is 4.79 Å². The van der Waals surface area contributed by atoms with E-state index in [9.17, 15) is 9.18 Å². The number of amides is 1. The third-order valence-electron chi connectivity index (χ3n) is 6.51. The molecule has 1 atom stereocenters. The van der Waals surface area contributed by atoms with E-state index in [-0.39, 0.29) is 46.2 Å². The number of ether oxygens (including phenoxy) is 1. The Morgan fingerprint density at radius 2 is 1.89 bits per heavy atom. The van der Waals surface area contributed by atoms with Crippen LogP contribution in [0.15, 0.2) is 48.8 Å². The summed E-state index contributed by atoms with van der Waals surface area (Å²) in [5.74, 6) is -0.373. The van der Waals surface area contributed by atoms with E-state index in [4.69, 9.17) is 16.3 Å². The van der Waals surface area contributed by atoms with E-state index in [2.05, 4.69) is 19.9 Å². The SMILES string of the molecule is CC(=O)N1CCN(c2nc(OCCc3ncccn3)nc3c(F)c(-c4ccccc4F)c(Cl)cc23)C(C)C1. The van der Waals surface area contributed by atoms with Gasteiger partial charge in [0, 0.05) is 67.9 Å². The second-order valence-electron chi connectivity index (χ2n) is 9.02. The second kappa shape index (κ2) is 10.8. The predicted molar refractivity (Wildman–Crippen MR) is 140 cm³/mol. The number of nitrogens with zero attached hydrogens (tertiary/aromatic N) is 6. The summed E-state index contributed by atoms with van der Waals surface area (Å²) in [7, 11) is 0. The van der Waals surface area contributed by atoms with Gasteiger partial charge in [-0.2, -0.15) is 9.97 Å². The molecule has 11 heteroatoms. The highest BCUT2D eigenvalue weighted by molar-refractivity contribution is 6.34. The average molecular weight is 539 g/mol. The maximum atomic E-state index is 16.1. The Morgan fingerprint density at radius 3 is 2.61 bits per heavy atom. The number of hydrogen-bond donors (Lipinski definition) is 0. The minimum absolute atomic E-state index is 0.0141. The zero-order valence-electron chi connectivity index (χ0n) is 20.9. The molecule has 1 aliphatic heterocycles. The van der Waals surface area contributed by atoms with Gasteiger partial charge in [-0.1, -0.05) is 29.8 Å². The van der Waals surface area contributed by atoms with Crippen LogP contribution in [-0.2, 0) is 11.2 Å². The van der Waals surface area contributed by atoms with Crippen LogP contribution in [0.25, 0.3) is 22.0 Å². The van der Waals surface area contributed by atoms with Crippen molar-refractivity contribution in [3.63, 3.8) is 0 Å². The molecule has 3 heterocycles. The molecule has 0 bridgehead atoms. The molecular weight excluding hydrogens is 514 g/mol. The van der Waals surface area contributed by atoms with Crippen molar-refractivity contribution in [3.05, 3.63) is 71.3 Å². The molecule has 1 fully saturated rings. The molecule has 1 aliphatic rings. The molecular formula is C27H25ClF2N6O2. The topological polar surface area (TPSA) is 84.3 Å². The summed E-state index contributed by atoms with van der Waals surface area (Å²) >= 11 is 6.54. The number of benzene rings is 2. The van der Waals surface area contributed by atoms with Crippen LogP contribution in [0, 0.1) is 11.6 Å². The number of hydrogen-bond acceptors (Lipinski definition) is 7. The van der Waals surface area contributed by atoms with Gasteiger partial charge in [-0.25, -0.2) is 18.7 Å². The van der Waals surface area contributed by atoms with E-state index < -0.39 is 11.6 Å². The molecule has 2 aromatic heterocycles. The first-order valence-electron chi connectivity index (χ1n) is 12.2. The fourth-order valence-corrected chi connectivity index (χ4v) is 4.90. The van der Waals surface area contributed by atoms with Crippen LogP contribution in [-0.4, -0.2) is 63.0 Å². The van der Waals surface area contributed by atoms with Gasteiger partial charge in [0.1, 0.15) is 23.0 Å². The number of aromatic nitrogens is 4. The van der Waals surface area contributed by atoms with Crippen molar-refractivity contribution in [3.8, 4) is 17.1 Å². The van der Waals surface area contributed by atoms with Crippen LogP contribution in [0.1, 0.15) is 19.7 Å². The number of fused-ring (bicyclic) bond motifs is 1. The molecule has 0 saturated carbocycles. The molecule has 0 N–H and O–H groups in total. The summed E-state index contributed by atoms with van der Waals surface area (Å²) in [6.07, 6.45) is 3.67. The predicted octanol–water partition coefficient (Wildman–Crippen LogP) is 4.70. The Morgan fingerprint density at radius 1 is 1.13 bits per heavy atom. The van der Waals surface area contributed by atoms with Gasteiger partial charge in [-0.05, 0) is 25.1 Å². The molecule has 4 aromatic rings. The quantitative estimate of drug-likeness (QED) is 0.352. The molecule has 196 valence electrons. The maximum Gasteiger partial charge on any atom is 0.319 e. The summed E-state index contributed by atoms with van der Waals surface area (Å²) in [5.41, 5.74) is -0.0889. The van der Waals surface area contributed by atoms with Crippen molar-refractivity contribution in [2.24, 2.45) is 0 Å². The fourth-order valence-electron chi connectivity index (χ4n) is 4.61. The average Bonchev–Trinajstić information content (AvgIpc) is 2.90. The van der Waals surface area contributed by atoms with Crippen LogP contribution in [0.4, 0.5) is 14.6 Å². The third-order valence-corrected chi connectivity index (χ3v) is 6.80. The molecule has 1 unspecified atom stereocenters. The number of halogens is 3. The van der Waals surface area contributed by atoms with Gasteiger partial charge in [0.15, 0.2) is 5.82 Å². The minimum Gasteiger partial charge on any atom is -0.463 e. The molecule has 0 aliphatic carbocycles. The molecule has 2 aromatic carbocycles. The van der Waals surface area contributed by atoms with Crippen LogP contribution in [0.2, 0.25) is 5.02 Å². The Labute approximate surface area is 223 Å². The van der Waals surface area contributed by atoms with Crippen molar-refractivity contribution in [1.82, 2.24) is 24.8 Å². The number of anilines is 1. The van der Waals surface area contributed by atoms with E-state index in [1.165, 1.54) is 25.1 Å². The van der Waals surface area contributed by atoms with Crippen molar-refractivity contribution >= 4 is 34.2 Å². The molecule has 0 spiro atoms. The van der Waals surface area contributed by atoms with Crippen molar-refractivity contribution < 1.29 is 18.3 Å². The number of carbonyl (C=O) groups is 1. The van der Waals surface area contributed by atoms with Gasteiger partial charge in [-0.15, -0.1) is 0 Å². The lowest BCUT2D eigenvalue weighted by Crippen LogP contribution is -2.53. The van der Waals surface area contributed by atoms with E-state index in [1.807, 2.05) is 11.8 Å². The molecule has 8 nitrogen and oxygen atoms in total. The van der Waals surface area contributed by atoms with Gasteiger partial charge >= 0.3 is 6.01 Å². The smallest absolute Gasteiger partial charge is 0.319 e. The fraction of sp³-hybridized carbons (Fsp3) is 0.296. The highest BCUT2D eigenvalue weighted by Gasteiger charge is 2.30. The first-order valence-corrected chi connectivity index (χ1v) is 12.6. The summed E-state index contributed by atoms with van der Waals surface area (Å²) < 4.78 is 36.5. The van der Waals surface area contributed by atoms with Crippen molar-refractivity contribution in [1.29, 1.82) is 0 Å². The molecule has 0 radical (unpaired) electrons. The Kier molecular flexibility index (Phi) is 7.33. The highest BCUT2D eigenvalue weighted by atomic mass is 35.5. The largest absolute Gasteiger partial charge is 0.463 e. The van der Waals surface area contributed by atoms with Gasteiger partial charge < -0.3 is 14.5 Å². The lowest BCUT2D eigenvalue weighted by molar-refractivity contribution is -0.129. The Hall–Kier alpha value is -3.92. The van der Waals surface area contributed by atoms with E-state index in [1.54, 1.807) is 35.5 Å². The summed E-state index contributed by atoms with van der Waals surface area (Å²) in [6, 6.07) is 8.97. The molecule has 5 rings (SSSR count). The van der Waals surface area contributed by atoms with E-state index in [0.717, 1.165) is 0 Å². The van der Waals surface area contributed by atoms with E-state index >= 15 is 4.39 Å². The Bertz CT molecular complexity index is 1490. The first-order chi connectivity index (χ1) is 18.3. The minimum atomic E-state index is -0.771. The molecule has 1 saturated heterocycles. The van der Waals surface area contributed by atoms with Crippen LogP contribution in [0.3, 0.4) is 0 Å². The normalized spacial score (nSPS) is 15.7. The second-order valence-corrected chi connectivity index (χ2v) is 9.43. The molecule has 1 amide bonds. The summed E-state index contributed by atoms with van der Waals surface area (Å²) in [6.45, 7) is 5.09. The number of rotatable bonds is 6. The van der Waals surface area contributed by atoms with Gasteiger partial charge in [0.25, 0.3) is 0 Å². The highest BCUT2D eigenvalue weighted by Crippen LogP contribution is 2.40. The lowest BCUT2D eigenvalue weighted by Gasteiger charge is -2.40. The summed E-state index contributed by atoms with van der Waals surface area (Å²) in [5, 5.41) is 0.407. The lowest BCUT2D eigenvalue weighted by atomic mass is 10.0. The zero-order valence-corrected chi connectivity index (χ0v) is 21.6. The standard InChI is InChI=1S/C27H25ClF2N6O2/c1-16-15-35(17(2)37)11-12-36(16)26-19-14-20(28)23(18-6-3-4-7-21(18)29)24(30)25(19)33-27(34-26)38-13-8-22-31-9-5-10-32-22/h3-7,9-10,14,16H,8,11-13,15H2,1-2H3. The number of piperazine rings is 1. The number of carbonyl (C=O) groups excluding carboxylic acids is 1. The summed E-state index contributed by atoms with van der Waals surface area (Å²) in [4.78, 5) is 33.0. The van der Waals surface area contributed by atoms with Crippen LogP contribution < -0.4 is 9.64 Å². The van der Waals surface area contributed by atoms with Crippen molar-refractivity contribution in [2.45, 2.75) is 26.3 Å². The van der Waals surface area contributed by atoms with Gasteiger partial charge in [0.05, 0.1) is 11.6 Å². The first kappa shape index (κ1) is 25.7. The monoisotopic (exact) mass is 538 g/mol. The van der Waals surface area contributed by atoms with Crippen molar-refractivity contribution in [2.75, 3.05) is 31.1 Å². The van der Waals surface area contributed by atoms with Crippen LogP contribution >= 0.6 is 11.6 Å². The zero-order chi connectivity index (χ0) is 26.8. The van der Waals surface area contributed by atoms with Gasteiger partial charge in [0.2, 0.25) is 5.91 Å². The van der Waals surface area contributed by atoms with E-state index in [0.29, 0.717) is 43.1 Å². The molecule has 38 heavy (non-hydrogen) atoms. The maximum absolute atomic E-state index is 16.1. The van der Waals surface area contributed by atoms with Crippen LogP contribution in [0.5, 0.6) is 6.01 Å². The third kappa shape index (κ3) is 5.08. The Balaban J connectivity index is 1.59.